The molecule has 36 heavy (non-hydrogen) atoms. The quantitative estimate of drug-likeness (QED) is 0.526. The van der Waals surface area contributed by atoms with Crippen LogP contribution < -0.4 is 15.2 Å². The van der Waals surface area contributed by atoms with Crippen LogP contribution in [0.5, 0.6) is 5.75 Å². The highest BCUT2D eigenvalue weighted by molar-refractivity contribution is 7.89. The molecule has 1 aliphatic heterocycles. The van der Waals surface area contributed by atoms with Crippen LogP contribution in [0.2, 0.25) is 0 Å². The highest BCUT2D eigenvalue weighted by Crippen LogP contribution is 2.43. The predicted octanol–water partition coefficient (Wildman–Crippen LogP) is 4.08. The molecule has 8 nitrogen and oxygen atoms in total. The molecular formula is C27H40N4O4S. The molecule has 0 spiro atoms. The standard InChI is InChI=1S/C27H40N4O4S/c1-6-27(4,5)21-12-13-23(18-21)35-25-24(19-28-31(26(25)32)22-10-8-7-9-11-22)29-14-16-30(17-15-29)36(33,34)20(2)3/h7-11,19-21,23H,6,12-18H2,1-5H3. The normalized spacial score (nSPS) is 21.8. The van der Waals surface area contributed by atoms with Crippen LogP contribution >= 0.6 is 0 Å². The van der Waals surface area contributed by atoms with Crippen molar-refractivity contribution in [3.05, 3.63) is 46.9 Å². The lowest BCUT2D eigenvalue weighted by Gasteiger charge is -2.36. The van der Waals surface area contributed by atoms with E-state index in [2.05, 4.69) is 25.9 Å². The lowest BCUT2D eigenvalue weighted by molar-refractivity contribution is 0.162. The van der Waals surface area contributed by atoms with E-state index in [-0.39, 0.29) is 17.1 Å². The number of benzene rings is 1. The van der Waals surface area contributed by atoms with Crippen molar-refractivity contribution < 1.29 is 13.2 Å². The molecule has 1 saturated heterocycles. The van der Waals surface area contributed by atoms with Gasteiger partial charge in [0.1, 0.15) is 5.69 Å². The third-order valence-corrected chi connectivity index (χ3v) is 10.4. The molecule has 1 aromatic carbocycles. The molecule has 198 valence electrons. The number of rotatable bonds is 8. The fraction of sp³-hybridized carbons (Fsp3) is 0.630. The maximum atomic E-state index is 13.7. The monoisotopic (exact) mass is 516 g/mol. The Kier molecular flexibility index (Phi) is 7.80. The smallest absolute Gasteiger partial charge is 0.316 e. The van der Waals surface area contributed by atoms with E-state index in [1.807, 2.05) is 35.2 Å². The van der Waals surface area contributed by atoms with Crippen molar-refractivity contribution in [1.29, 1.82) is 0 Å². The molecule has 2 unspecified atom stereocenters. The number of sulfonamides is 1. The summed E-state index contributed by atoms with van der Waals surface area (Å²) in [5.41, 5.74) is 1.28. The first-order valence-corrected chi connectivity index (χ1v) is 14.6. The van der Waals surface area contributed by atoms with Gasteiger partial charge in [0.25, 0.3) is 0 Å². The zero-order chi connectivity index (χ0) is 26.1. The second kappa shape index (κ2) is 10.5. The molecule has 9 heteroatoms. The van der Waals surface area contributed by atoms with Gasteiger partial charge in [0.05, 0.1) is 23.2 Å². The topological polar surface area (TPSA) is 84.7 Å². The van der Waals surface area contributed by atoms with Crippen molar-refractivity contribution >= 4 is 15.7 Å². The highest BCUT2D eigenvalue weighted by Gasteiger charge is 2.37. The Balaban J connectivity index is 1.63. The fourth-order valence-electron chi connectivity index (χ4n) is 5.21. The summed E-state index contributed by atoms with van der Waals surface area (Å²) < 4.78 is 34.7. The van der Waals surface area contributed by atoms with Crippen LogP contribution in [-0.2, 0) is 10.0 Å². The van der Waals surface area contributed by atoms with Crippen LogP contribution in [0.1, 0.15) is 60.3 Å². The molecule has 2 atom stereocenters. The van der Waals surface area contributed by atoms with Crippen molar-refractivity contribution in [2.75, 3.05) is 31.1 Å². The lowest BCUT2D eigenvalue weighted by Crippen LogP contribution is -2.50. The summed E-state index contributed by atoms with van der Waals surface area (Å²) in [6.45, 7) is 12.0. The highest BCUT2D eigenvalue weighted by atomic mass is 32.2. The summed E-state index contributed by atoms with van der Waals surface area (Å²) in [6, 6.07) is 9.35. The average molecular weight is 517 g/mol. The van der Waals surface area contributed by atoms with Crippen molar-refractivity contribution in [1.82, 2.24) is 14.1 Å². The van der Waals surface area contributed by atoms with Crippen molar-refractivity contribution in [3.8, 4) is 11.4 Å². The minimum absolute atomic E-state index is 0.0264. The zero-order valence-corrected chi connectivity index (χ0v) is 23.0. The Hall–Kier alpha value is -2.39. The Morgan fingerprint density at radius 3 is 2.36 bits per heavy atom. The van der Waals surface area contributed by atoms with Gasteiger partial charge in [-0.15, -0.1) is 0 Å². The summed E-state index contributed by atoms with van der Waals surface area (Å²) in [5.74, 6) is 0.868. The minimum Gasteiger partial charge on any atom is -0.483 e. The second-order valence-corrected chi connectivity index (χ2v) is 13.5. The van der Waals surface area contributed by atoms with Crippen LogP contribution in [-0.4, -0.2) is 60.0 Å². The summed E-state index contributed by atoms with van der Waals surface area (Å²) >= 11 is 0. The number of hydrogen-bond donors (Lipinski definition) is 0. The van der Waals surface area contributed by atoms with E-state index in [0.29, 0.717) is 49.2 Å². The maximum Gasteiger partial charge on any atom is 0.316 e. The van der Waals surface area contributed by atoms with E-state index in [1.165, 1.54) is 4.68 Å². The number of anilines is 1. The van der Waals surface area contributed by atoms with Crippen LogP contribution in [0.15, 0.2) is 41.3 Å². The van der Waals surface area contributed by atoms with Gasteiger partial charge in [-0.1, -0.05) is 45.4 Å². The zero-order valence-electron chi connectivity index (χ0n) is 22.2. The van der Waals surface area contributed by atoms with E-state index in [1.54, 1.807) is 24.3 Å². The fourth-order valence-corrected chi connectivity index (χ4v) is 6.48. The first-order chi connectivity index (χ1) is 17.0. The van der Waals surface area contributed by atoms with Gasteiger partial charge in [-0.25, -0.2) is 8.42 Å². The van der Waals surface area contributed by atoms with Crippen LogP contribution in [0.4, 0.5) is 5.69 Å². The number of para-hydroxylation sites is 1. The van der Waals surface area contributed by atoms with Gasteiger partial charge in [0.2, 0.25) is 15.8 Å². The Labute approximate surface area is 215 Å². The molecule has 2 aromatic rings. The maximum absolute atomic E-state index is 13.7. The van der Waals surface area contributed by atoms with E-state index in [0.717, 1.165) is 25.7 Å². The lowest BCUT2D eigenvalue weighted by atomic mass is 9.76. The molecular weight excluding hydrogens is 476 g/mol. The summed E-state index contributed by atoms with van der Waals surface area (Å²) in [4.78, 5) is 15.7. The van der Waals surface area contributed by atoms with Crippen LogP contribution in [0.3, 0.4) is 0 Å². The SMILES string of the molecule is CCC(C)(C)C1CCC(Oc2c(N3CCN(S(=O)(=O)C(C)C)CC3)cnn(-c3ccccc3)c2=O)C1. The molecule has 2 heterocycles. The van der Waals surface area contributed by atoms with Crippen LogP contribution in [0, 0.1) is 11.3 Å². The van der Waals surface area contributed by atoms with E-state index in [4.69, 9.17) is 4.74 Å². The van der Waals surface area contributed by atoms with Gasteiger partial charge in [-0.05, 0) is 56.6 Å². The minimum atomic E-state index is -3.31. The van der Waals surface area contributed by atoms with Gasteiger partial charge in [0, 0.05) is 26.2 Å². The average Bonchev–Trinajstić information content (AvgIpc) is 3.35. The van der Waals surface area contributed by atoms with Gasteiger partial charge >= 0.3 is 5.56 Å². The third kappa shape index (κ3) is 5.32. The van der Waals surface area contributed by atoms with Gasteiger partial charge in [0.15, 0.2) is 0 Å². The van der Waals surface area contributed by atoms with Crippen LogP contribution in [0.25, 0.3) is 5.69 Å². The number of nitrogens with zero attached hydrogens (tertiary/aromatic N) is 4. The number of hydrogen-bond acceptors (Lipinski definition) is 6. The first-order valence-electron chi connectivity index (χ1n) is 13.1. The van der Waals surface area contributed by atoms with E-state index in [9.17, 15) is 13.2 Å². The second-order valence-electron chi connectivity index (χ2n) is 11.0. The molecule has 0 radical (unpaired) electrons. The number of ether oxygens (including phenoxy) is 1. The molecule has 4 rings (SSSR count). The Morgan fingerprint density at radius 1 is 1.08 bits per heavy atom. The van der Waals surface area contributed by atoms with Gasteiger partial charge in [-0.3, -0.25) is 4.79 Å². The molecule has 0 N–H and O–H groups in total. The molecule has 1 saturated carbocycles. The molecule has 1 aliphatic carbocycles. The number of piperazine rings is 1. The largest absolute Gasteiger partial charge is 0.483 e. The number of aromatic nitrogens is 2. The predicted molar refractivity (Wildman–Crippen MR) is 144 cm³/mol. The van der Waals surface area contributed by atoms with Gasteiger partial charge < -0.3 is 9.64 Å². The van der Waals surface area contributed by atoms with Gasteiger partial charge in [-0.2, -0.15) is 14.1 Å². The molecule has 0 amide bonds. The summed E-state index contributed by atoms with van der Waals surface area (Å²) in [7, 11) is -3.31. The molecule has 2 fully saturated rings. The Bertz CT molecular complexity index is 1200. The molecule has 2 aliphatic rings. The van der Waals surface area contributed by atoms with E-state index >= 15 is 0 Å². The molecule has 0 bridgehead atoms. The third-order valence-electron chi connectivity index (χ3n) is 8.14. The summed E-state index contributed by atoms with van der Waals surface area (Å²) in [6.07, 6.45) is 5.70. The van der Waals surface area contributed by atoms with Crippen molar-refractivity contribution in [2.24, 2.45) is 11.3 Å². The molecule has 1 aromatic heterocycles. The first kappa shape index (κ1) is 26.7. The van der Waals surface area contributed by atoms with Crippen molar-refractivity contribution in [2.45, 2.75) is 71.7 Å². The Morgan fingerprint density at radius 2 is 1.75 bits per heavy atom. The summed E-state index contributed by atoms with van der Waals surface area (Å²) in [5, 5.41) is 4.02. The van der Waals surface area contributed by atoms with E-state index < -0.39 is 15.3 Å². The van der Waals surface area contributed by atoms with Crippen molar-refractivity contribution in [3.63, 3.8) is 0 Å².